The molecule has 0 spiro atoms. The van der Waals surface area contributed by atoms with Crippen LogP contribution in [0.1, 0.15) is 24.1 Å². The van der Waals surface area contributed by atoms with Gasteiger partial charge in [0, 0.05) is 15.6 Å². The quantitative estimate of drug-likeness (QED) is 0.750. The fourth-order valence-electron chi connectivity index (χ4n) is 2.26. The highest BCUT2D eigenvalue weighted by molar-refractivity contribution is 9.10. The number of methoxy groups -OCH3 is 1. The Balaban J connectivity index is 2.56. The van der Waals surface area contributed by atoms with Crippen LogP contribution in [0.25, 0.3) is 0 Å². The minimum absolute atomic E-state index is 0.0882. The Kier molecular flexibility index (Phi) is 5.62. The molecule has 0 fully saturated rings. The molecule has 5 heteroatoms. The fraction of sp³-hybridized carbons (Fsp3) is 0.250. The van der Waals surface area contributed by atoms with E-state index in [-0.39, 0.29) is 11.1 Å². The summed E-state index contributed by atoms with van der Waals surface area (Å²) in [7, 11) is 1.60. The van der Waals surface area contributed by atoms with Crippen molar-refractivity contribution in [3.05, 3.63) is 62.8 Å². The third-order valence-electron chi connectivity index (χ3n) is 3.23. The number of nitrogens with one attached hydrogen (secondary N) is 1. The highest BCUT2D eigenvalue weighted by Crippen LogP contribution is 2.35. The first-order valence-electron chi connectivity index (χ1n) is 6.59. The molecule has 21 heavy (non-hydrogen) atoms. The summed E-state index contributed by atoms with van der Waals surface area (Å²) < 4.78 is 20.4. The van der Waals surface area contributed by atoms with Gasteiger partial charge in [-0.3, -0.25) is 0 Å². The lowest BCUT2D eigenvalue weighted by atomic mass is 9.97. The van der Waals surface area contributed by atoms with E-state index in [9.17, 15) is 4.39 Å². The summed E-state index contributed by atoms with van der Waals surface area (Å²) in [5.41, 5.74) is 1.37. The van der Waals surface area contributed by atoms with Crippen LogP contribution < -0.4 is 10.1 Å². The molecule has 0 bridgehead atoms. The van der Waals surface area contributed by atoms with E-state index >= 15 is 0 Å². The molecule has 0 radical (unpaired) electrons. The number of ether oxygens (including phenoxy) is 1. The highest BCUT2D eigenvalue weighted by atomic mass is 79.9. The van der Waals surface area contributed by atoms with Gasteiger partial charge in [-0.25, -0.2) is 4.39 Å². The SMILES string of the molecule is CCNC(c1ccccc1OC)c1ccc(Br)c(Cl)c1F. The summed E-state index contributed by atoms with van der Waals surface area (Å²) in [6.07, 6.45) is 0. The summed E-state index contributed by atoms with van der Waals surface area (Å²) in [6.45, 7) is 2.66. The molecule has 0 aliphatic carbocycles. The number of hydrogen-bond donors (Lipinski definition) is 1. The van der Waals surface area contributed by atoms with E-state index < -0.39 is 5.82 Å². The average Bonchev–Trinajstić information content (AvgIpc) is 2.51. The van der Waals surface area contributed by atoms with E-state index in [0.717, 1.165) is 5.56 Å². The highest BCUT2D eigenvalue weighted by Gasteiger charge is 2.22. The van der Waals surface area contributed by atoms with Crippen molar-refractivity contribution in [1.82, 2.24) is 5.32 Å². The molecule has 0 saturated heterocycles. The molecule has 2 nitrogen and oxygen atoms in total. The third kappa shape index (κ3) is 3.39. The largest absolute Gasteiger partial charge is 0.496 e. The Bertz CT molecular complexity index is 636. The normalized spacial score (nSPS) is 12.2. The standard InChI is InChI=1S/C16H16BrClFNO/c1-3-20-16(10-6-4-5-7-13(10)21-2)11-8-9-12(17)14(18)15(11)19/h4-9,16,20H,3H2,1-2H3. The molecule has 2 aromatic rings. The van der Waals surface area contributed by atoms with Crippen molar-refractivity contribution in [1.29, 1.82) is 0 Å². The number of halogens is 3. The van der Waals surface area contributed by atoms with Gasteiger partial charge in [-0.05, 0) is 34.6 Å². The van der Waals surface area contributed by atoms with Crippen LogP contribution in [0.15, 0.2) is 40.9 Å². The Morgan fingerprint density at radius 2 is 1.95 bits per heavy atom. The van der Waals surface area contributed by atoms with Gasteiger partial charge in [-0.1, -0.05) is 42.8 Å². The first kappa shape index (κ1) is 16.3. The Morgan fingerprint density at radius 3 is 2.62 bits per heavy atom. The molecule has 0 saturated carbocycles. The van der Waals surface area contributed by atoms with Crippen LogP contribution in [0.4, 0.5) is 4.39 Å². The monoisotopic (exact) mass is 371 g/mol. The van der Waals surface area contributed by atoms with E-state index in [1.54, 1.807) is 19.2 Å². The molecule has 1 N–H and O–H groups in total. The van der Waals surface area contributed by atoms with Crippen LogP contribution in [-0.2, 0) is 0 Å². The lowest BCUT2D eigenvalue weighted by Crippen LogP contribution is -2.23. The van der Waals surface area contributed by atoms with Gasteiger partial charge < -0.3 is 10.1 Å². The summed E-state index contributed by atoms with van der Waals surface area (Å²) in [4.78, 5) is 0. The van der Waals surface area contributed by atoms with Gasteiger partial charge in [0.05, 0.1) is 18.2 Å². The number of rotatable bonds is 5. The fourth-order valence-corrected chi connectivity index (χ4v) is 2.74. The number of hydrogen-bond acceptors (Lipinski definition) is 2. The second-order valence-electron chi connectivity index (χ2n) is 4.50. The molecule has 0 aliphatic heterocycles. The van der Waals surface area contributed by atoms with Gasteiger partial charge in [0.1, 0.15) is 11.6 Å². The van der Waals surface area contributed by atoms with Crippen LogP contribution in [-0.4, -0.2) is 13.7 Å². The van der Waals surface area contributed by atoms with Crippen LogP contribution in [0, 0.1) is 5.82 Å². The van der Waals surface area contributed by atoms with E-state index in [2.05, 4.69) is 21.2 Å². The van der Waals surface area contributed by atoms with E-state index in [1.807, 2.05) is 31.2 Å². The Labute approximate surface area is 137 Å². The maximum atomic E-state index is 14.5. The molecule has 1 atom stereocenters. The lowest BCUT2D eigenvalue weighted by molar-refractivity contribution is 0.403. The average molecular weight is 373 g/mol. The molecule has 112 valence electrons. The maximum absolute atomic E-state index is 14.5. The third-order valence-corrected chi connectivity index (χ3v) is 4.49. The minimum Gasteiger partial charge on any atom is -0.496 e. The predicted octanol–water partition coefficient (Wildman–Crippen LogP) is 4.95. The molecular weight excluding hydrogens is 357 g/mol. The number of para-hydroxylation sites is 1. The van der Waals surface area contributed by atoms with Crippen molar-refractivity contribution in [3.8, 4) is 5.75 Å². The molecule has 0 aliphatic rings. The Morgan fingerprint density at radius 1 is 1.24 bits per heavy atom. The zero-order chi connectivity index (χ0) is 15.4. The van der Waals surface area contributed by atoms with Gasteiger partial charge in [0.15, 0.2) is 0 Å². The zero-order valence-electron chi connectivity index (χ0n) is 11.8. The van der Waals surface area contributed by atoms with Crippen molar-refractivity contribution in [3.63, 3.8) is 0 Å². The van der Waals surface area contributed by atoms with Gasteiger partial charge in [-0.15, -0.1) is 0 Å². The van der Waals surface area contributed by atoms with Crippen molar-refractivity contribution in [2.45, 2.75) is 13.0 Å². The lowest BCUT2D eigenvalue weighted by Gasteiger charge is -2.22. The molecule has 2 aromatic carbocycles. The summed E-state index contributed by atoms with van der Waals surface area (Å²) >= 11 is 9.24. The van der Waals surface area contributed by atoms with Crippen molar-refractivity contribution in [2.75, 3.05) is 13.7 Å². The smallest absolute Gasteiger partial charge is 0.148 e. The van der Waals surface area contributed by atoms with Crippen molar-refractivity contribution in [2.24, 2.45) is 0 Å². The zero-order valence-corrected chi connectivity index (χ0v) is 14.1. The maximum Gasteiger partial charge on any atom is 0.148 e. The van der Waals surface area contributed by atoms with Crippen LogP contribution in [0.5, 0.6) is 5.75 Å². The van der Waals surface area contributed by atoms with Gasteiger partial charge in [0.2, 0.25) is 0 Å². The van der Waals surface area contributed by atoms with Crippen molar-refractivity contribution >= 4 is 27.5 Å². The molecular formula is C16H16BrClFNO. The second kappa shape index (κ2) is 7.25. The first-order valence-corrected chi connectivity index (χ1v) is 7.77. The molecule has 1 unspecified atom stereocenters. The van der Waals surface area contributed by atoms with Gasteiger partial charge >= 0.3 is 0 Å². The first-order chi connectivity index (χ1) is 10.1. The van der Waals surface area contributed by atoms with Gasteiger partial charge in [-0.2, -0.15) is 0 Å². The van der Waals surface area contributed by atoms with E-state index in [4.69, 9.17) is 16.3 Å². The van der Waals surface area contributed by atoms with Crippen LogP contribution in [0.3, 0.4) is 0 Å². The molecule has 0 heterocycles. The van der Waals surface area contributed by atoms with Crippen LogP contribution in [0.2, 0.25) is 5.02 Å². The van der Waals surface area contributed by atoms with Gasteiger partial charge in [0.25, 0.3) is 0 Å². The number of benzene rings is 2. The topological polar surface area (TPSA) is 21.3 Å². The molecule has 2 rings (SSSR count). The Hall–Kier alpha value is -1.10. The molecule has 0 aromatic heterocycles. The van der Waals surface area contributed by atoms with Crippen molar-refractivity contribution < 1.29 is 9.13 Å². The van der Waals surface area contributed by atoms with Crippen LogP contribution >= 0.6 is 27.5 Å². The molecule has 0 amide bonds. The minimum atomic E-state index is -0.428. The predicted molar refractivity (Wildman–Crippen MR) is 87.6 cm³/mol. The summed E-state index contributed by atoms with van der Waals surface area (Å²) in [5.74, 6) is 0.282. The van der Waals surface area contributed by atoms with E-state index in [0.29, 0.717) is 22.3 Å². The second-order valence-corrected chi connectivity index (χ2v) is 5.73. The van der Waals surface area contributed by atoms with E-state index in [1.165, 1.54) is 0 Å². The summed E-state index contributed by atoms with van der Waals surface area (Å²) in [6, 6.07) is 10.7. The summed E-state index contributed by atoms with van der Waals surface area (Å²) in [5, 5.41) is 3.37.